The number of amides is 1. The molecule has 1 saturated heterocycles. The van der Waals surface area contributed by atoms with Crippen LogP contribution in [0.3, 0.4) is 0 Å². The van der Waals surface area contributed by atoms with E-state index in [9.17, 15) is 9.18 Å². The summed E-state index contributed by atoms with van der Waals surface area (Å²) in [4.78, 5) is 18.5. The predicted molar refractivity (Wildman–Crippen MR) is 107 cm³/mol. The van der Waals surface area contributed by atoms with Gasteiger partial charge in [0.15, 0.2) is 5.17 Å². The Morgan fingerprint density at radius 3 is 2.62 bits per heavy atom. The van der Waals surface area contributed by atoms with E-state index in [0.717, 1.165) is 15.6 Å². The molecular formula is C19H16BrFN2O2S. The van der Waals surface area contributed by atoms with Gasteiger partial charge >= 0.3 is 0 Å². The molecule has 0 bridgehead atoms. The van der Waals surface area contributed by atoms with E-state index in [0.29, 0.717) is 22.4 Å². The number of likely N-dealkylation sites (N-methyl/N-ethyl adjacent to an activating group) is 1. The normalized spacial score (nSPS) is 17.4. The number of hydrogen-bond donors (Lipinski definition) is 0. The Labute approximate surface area is 163 Å². The molecule has 0 N–H and O–H groups in total. The summed E-state index contributed by atoms with van der Waals surface area (Å²) >= 11 is 4.84. The van der Waals surface area contributed by atoms with E-state index in [1.165, 1.54) is 28.8 Å². The first-order valence-corrected chi connectivity index (χ1v) is 9.40. The van der Waals surface area contributed by atoms with Crippen molar-refractivity contribution in [1.29, 1.82) is 0 Å². The van der Waals surface area contributed by atoms with Crippen LogP contribution in [0, 0.1) is 5.82 Å². The van der Waals surface area contributed by atoms with Gasteiger partial charge in [-0.05, 0) is 69.2 Å². The fourth-order valence-corrected chi connectivity index (χ4v) is 3.80. The second-order valence-electron chi connectivity index (χ2n) is 5.59. The van der Waals surface area contributed by atoms with E-state index in [1.54, 1.807) is 26.2 Å². The topological polar surface area (TPSA) is 41.9 Å². The molecule has 3 rings (SSSR count). The van der Waals surface area contributed by atoms with E-state index >= 15 is 0 Å². The molecule has 0 unspecified atom stereocenters. The SMILES string of the molecule is CN=C1S/C(=C/c2ccc(OCc3ccc(F)cc3)c(Br)c2)C(=O)N1C. The van der Waals surface area contributed by atoms with Crippen molar-refractivity contribution in [1.82, 2.24) is 4.90 Å². The predicted octanol–water partition coefficient (Wildman–Crippen LogP) is 4.70. The Balaban J connectivity index is 1.72. The number of ether oxygens (including phenoxy) is 1. The molecule has 1 heterocycles. The van der Waals surface area contributed by atoms with Crippen molar-refractivity contribution >= 4 is 44.8 Å². The molecule has 1 amide bonds. The number of thioether (sulfide) groups is 1. The maximum Gasteiger partial charge on any atom is 0.266 e. The molecule has 0 spiro atoms. The molecular weight excluding hydrogens is 419 g/mol. The van der Waals surface area contributed by atoms with Crippen molar-refractivity contribution in [2.24, 2.45) is 4.99 Å². The number of hydrogen-bond acceptors (Lipinski definition) is 4. The monoisotopic (exact) mass is 434 g/mol. The van der Waals surface area contributed by atoms with Crippen molar-refractivity contribution < 1.29 is 13.9 Å². The lowest BCUT2D eigenvalue weighted by molar-refractivity contribution is -0.121. The molecule has 0 aliphatic carbocycles. The Bertz CT molecular complexity index is 897. The zero-order valence-electron chi connectivity index (χ0n) is 14.2. The fourth-order valence-electron chi connectivity index (χ4n) is 2.37. The van der Waals surface area contributed by atoms with Crippen molar-refractivity contribution in [3.8, 4) is 5.75 Å². The highest BCUT2D eigenvalue weighted by Crippen LogP contribution is 2.33. The van der Waals surface area contributed by atoms with Crippen LogP contribution in [-0.4, -0.2) is 30.1 Å². The number of halogens is 2. The van der Waals surface area contributed by atoms with Crippen LogP contribution in [0.2, 0.25) is 0 Å². The van der Waals surface area contributed by atoms with Crippen LogP contribution in [0.4, 0.5) is 4.39 Å². The van der Waals surface area contributed by atoms with Crippen molar-refractivity contribution in [2.45, 2.75) is 6.61 Å². The van der Waals surface area contributed by atoms with E-state index in [1.807, 2.05) is 24.3 Å². The second kappa shape index (κ2) is 8.05. The Kier molecular flexibility index (Phi) is 5.78. The van der Waals surface area contributed by atoms with E-state index < -0.39 is 0 Å². The van der Waals surface area contributed by atoms with Crippen molar-refractivity contribution in [3.63, 3.8) is 0 Å². The summed E-state index contributed by atoms with van der Waals surface area (Å²) in [7, 11) is 3.37. The largest absolute Gasteiger partial charge is 0.488 e. The molecule has 134 valence electrons. The van der Waals surface area contributed by atoms with E-state index in [4.69, 9.17) is 4.74 Å². The average molecular weight is 435 g/mol. The highest BCUT2D eigenvalue weighted by molar-refractivity contribution is 9.10. The van der Waals surface area contributed by atoms with Crippen molar-refractivity contribution in [2.75, 3.05) is 14.1 Å². The number of carbonyl (C=O) groups excluding carboxylic acids is 1. The summed E-state index contributed by atoms with van der Waals surface area (Å²) in [6.45, 7) is 0.342. The maximum absolute atomic E-state index is 12.9. The summed E-state index contributed by atoms with van der Waals surface area (Å²) in [5, 5.41) is 0.680. The third-order valence-corrected chi connectivity index (χ3v) is 5.53. The highest BCUT2D eigenvalue weighted by atomic mass is 79.9. The average Bonchev–Trinajstić information content (AvgIpc) is 2.90. The van der Waals surface area contributed by atoms with Gasteiger partial charge in [0.05, 0.1) is 9.38 Å². The Morgan fingerprint density at radius 1 is 1.27 bits per heavy atom. The molecule has 2 aromatic rings. The van der Waals surface area contributed by atoms with Crippen LogP contribution in [0.15, 0.2) is 56.8 Å². The van der Waals surface area contributed by atoms with E-state index in [-0.39, 0.29) is 11.7 Å². The van der Waals surface area contributed by atoms with Gasteiger partial charge in [0.1, 0.15) is 18.2 Å². The lowest BCUT2D eigenvalue weighted by Crippen LogP contribution is -2.23. The molecule has 0 radical (unpaired) electrons. The zero-order valence-corrected chi connectivity index (χ0v) is 16.6. The van der Waals surface area contributed by atoms with Gasteiger partial charge < -0.3 is 4.74 Å². The molecule has 0 saturated carbocycles. The third kappa shape index (κ3) is 4.16. The first-order valence-electron chi connectivity index (χ1n) is 7.79. The smallest absolute Gasteiger partial charge is 0.266 e. The molecule has 2 aromatic carbocycles. The quantitative estimate of drug-likeness (QED) is 0.654. The van der Waals surface area contributed by atoms with Crippen LogP contribution in [0.5, 0.6) is 5.75 Å². The van der Waals surface area contributed by atoms with Gasteiger partial charge in [-0.3, -0.25) is 14.7 Å². The molecule has 1 fully saturated rings. The van der Waals surface area contributed by atoms with Gasteiger partial charge in [0, 0.05) is 14.1 Å². The number of amidine groups is 1. The van der Waals surface area contributed by atoms with Gasteiger partial charge in [-0.25, -0.2) is 4.39 Å². The molecule has 26 heavy (non-hydrogen) atoms. The number of nitrogens with zero attached hydrogens (tertiary/aromatic N) is 2. The van der Waals surface area contributed by atoms with Gasteiger partial charge in [0.25, 0.3) is 5.91 Å². The van der Waals surface area contributed by atoms with Crippen LogP contribution >= 0.6 is 27.7 Å². The molecule has 0 aromatic heterocycles. The molecule has 1 aliphatic heterocycles. The van der Waals surface area contributed by atoms with E-state index in [2.05, 4.69) is 20.9 Å². The molecule has 0 atom stereocenters. The van der Waals surface area contributed by atoms with Gasteiger partial charge in [0.2, 0.25) is 0 Å². The van der Waals surface area contributed by atoms with Gasteiger partial charge in [-0.2, -0.15) is 0 Å². The summed E-state index contributed by atoms with van der Waals surface area (Å²) in [5.74, 6) is 0.340. The minimum Gasteiger partial charge on any atom is -0.488 e. The van der Waals surface area contributed by atoms with Crippen LogP contribution in [-0.2, 0) is 11.4 Å². The lowest BCUT2D eigenvalue weighted by Gasteiger charge is -2.09. The minimum atomic E-state index is -0.270. The minimum absolute atomic E-state index is 0.0663. The molecule has 4 nitrogen and oxygen atoms in total. The molecule has 7 heteroatoms. The standard InChI is InChI=1S/C19H16BrFN2O2S/c1-22-19-23(2)18(24)17(26-19)10-13-5-8-16(15(20)9-13)25-11-12-3-6-14(21)7-4-12/h3-10H,11H2,1-2H3/b17-10+,22-19?. The lowest BCUT2D eigenvalue weighted by atomic mass is 10.2. The summed E-state index contributed by atoms with van der Waals surface area (Å²) < 4.78 is 19.5. The third-order valence-electron chi connectivity index (χ3n) is 3.76. The number of carbonyl (C=O) groups is 1. The maximum atomic E-state index is 12.9. The van der Waals surface area contributed by atoms with Gasteiger partial charge in [-0.15, -0.1) is 0 Å². The summed E-state index contributed by atoms with van der Waals surface area (Å²) in [5.41, 5.74) is 1.76. The zero-order chi connectivity index (χ0) is 18.7. The molecule has 1 aliphatic rings. The van der Waals surface area contributed by atoms with Gasteiger partial charge in [-0.1, -0.05) is 18.2 Å². The van der Waals surface area contributed by atoms with Crippen molar-refractivity contribution in [3.05, 3.63) is 68.8 Å². The second-order valence-corrected chi connectivity index (χ2v) is 7.45. The summed E-state index contributed by atoms with van der Waals surface area (Å²) in [6, 6.07) is 11.8. The Hall–Kier alpha value is -2.12. The van der Waals surface area contributed by atoms with Crippen LogP contribution in [0.25, 0.3) is 6.08 Å². The first-order chi connectivity index (χ1) is 12.5. The number of benzene rings is 2. The number of rotatable bonds is 4. The first kappa shape index (κ1) is 18.7. The Morgan fingerprint density at radius 2 is 2.00 bits per heavy atom. The fraction of sp³-hybridized carbons (Fsp3) is 0.158. The number of aliphatic imine (C=N–C) groups is 1. The van der Waals surface area contributed by atoms with Crippen LogP contribution in [0.1, 0.15) is 11.1 Å². The summed E-state index contributed by atoms with van der Waals surface area (Å²) in [6.07, 6.45) is 1.83. The highest BCUT2D eigenvalue weighted by Gasteiger charge is 2.29. The van der Waals surface area contributed by atoms with Crippen LogP contribution < -0.4 is 4.74 Å².